The van der Waals surface area contributed by atoms with Crippen LogP contribution >= 0.6 is 0 Å². The van der Waals surface area contributed by atoms with Crippen molar-refractivity contribution in [2.75, 3.05) is 0 Å². The third kappa shape index (κ3) is 2.97. The molecule has 0 spiro atoms. The van der Waals surface area contributed by atoms with Gasteiger partial charge < -0.3 is 4.98 Å². The summed E-state index contributed by atoms with van der Waals surface area (Å²) in [5, 5.41) is 9.77. The third-order valence-electron chi connectivity index (χ3n) is 5.53. The van der Waals surface area contributed by atoms with Crippen molar-refractivity contribution in [2.45, 2.75) is 0 Å². The van der Waals surface area contributed by atoms with Gasteiger partial charge in [0.1, 0.15) is 17.8 Å². The minimum atomic E-state index is -0.242. The lowest BCUT2D eigenvalue weighted by molar-refractivity contribution is 0.628. The molecule has 0 aliphatic carbocycles. The molecule has 0 atom stereocenters. The Morgan fingerprint density at radius 3 is 2.35 bits per heavy atom. The normalized spacial score (nSPS) is 11.4. The van der Waals surface area contributed by atoms with Crippen LogP contribution in [0.2, 0.25) is 0 Å². The highest BCUT2D eigenvalue weighted by molar-refractivity contribution is 6.01. The van der Waals surface area contributed by atoms with Crippen molar-refractivity contribution < 1.29 is 4.39 Å². The van der Waals surface area contributed by atoms with Gasteiger partial charge in [0, 0.05) is 34.2 Å². The molecule has 0 fully saturated rings. The lowest BCUT2D eigenvalue weighted by atomic mass is 10.0. The zero-order valence-electron chi connectivity index (χ0n) is 16.3. The van der Waals surface area contributed by atoms with Gasteiger partial charge in [0.05, 0.1) is 11.2 Å². The first-order valence-electron chi connectivity index (χ1n) is 9.88. The topological polar surface area (TPSA) is 70.2 Å². The predicted molar refractivity (Wildman–Crippen MR) is 120 cm³/mol. The average molecular weight is 405 g/mol. The zero-order chi connectivity index (χ0) is 20.8. The molecular formula is C25H16FN5. The molecule has 3 aromatic heterocycles. The number of aromatic nitrogens is 5. The van der Waals surface area contributed by atoms with E-state index in [4.69, 9.17) is 0 Å². The molecule has 0 saturated carbocycles. The van der Waals surface area contributed by atoms with Gasteiger partial charge in [-0.15, -0.1) is 0 Å². The molecular weight excluding hydrogens is 389 g/mol. The smallest absolute Gasteiger partial charge is 0.123 e. The number of nitrogens with one attached hydrogen (secondary N) is 2. The Morgan fingerprint density at radius 1 is 0.710 bits per heavy atom. The summed E-state index contributed by atoms with van der Waals surface area (Å²) in [5.41, 5.74) is 7.70. The van der Waals surface area contributed by atoms with E-state index in [-0.39, 0.29) is 5.82 Å². The highest BCUT2D eigenvalue weighted by Crippen LogP contribution is 2.35. The van der Waals surface area contributed by atoms with E-state index in [0.29, 0.717) is 0 Å². The quantitative estimate of drug-likeness (QED) is 0.381. The van der Waals surface area contributed by atoms with Crippen LogP contribution in [0.5, 0.6) is 0 Å². The van der Waals surface area contributed by atoms with E-state index in [9.17, 15) is 4.39 Å². The third-order valence-corrected chi connectivity index (χ3v) is 5.53. The number of fused-ring (bicyclic) bond motifs is 2. The number of H-pyrrole nitrogens is 2. The largest absolute Gasteiger partial charge is 0.353 e. The van der Waals surface area contributed by atoms with Gasteiger partial charge >= 0.3 is 0 Å². The Labute approximate surface area is 176 Å². The fourth-order valence-corrected chi connectivity index (χ4v) is 4.01. The summed E-state index contributed by atoms with van der Waals surface area (Å²) in [6, 6.07) is 20.9. The minimum Gasteiger partial charge on any atom is -0.353 e. The first-order valence-corrected chi connectivity index (χ1v) is 9.88. The highest BCUT2D eigenvalue weighted by atomic mass is 19.1. The van der Waals surface area contributed by atoms with Gasteiger partial charge in [0.2, 0.25) is 0 Å². The van der Waals surface area contributed by atoms with Crippen molar-refractivity contribution in [3.63, 3.8) is 0 Å². The van der Waals surface area contributed by atoms with Crippen LogP contribution in [-0.4, -0.2) is 25.1 Å². The number of hydrogen-bond donors (Lipinski definition) is 2. The summed E-state index contributed by atoms with van der Waals surface area (Å²) in [6.45, 7) is 0. The van der Waals surface area contributed by atoms with Crippen LogP contribution in [0, 0.1) is 5.82 Å². The number of halogens is 1. The Balaban J connectivity index is 1.51. The lowest BCUT2D eigenvalue weighted by Gasteiger charge is -2.03. The van der Waals surface area contributed by atoms with E-state index >= 15 is 0 Å². The Kier molecular flexibility index (Phi) is 3.89. The summed E-state index contributed by atoms with van der Waals surface area (Å²) in [6.07, 6.45) is 5.12. The fourth-order valence-electron chi connectivity index (χ4n) is 4.01. The fraction of sp³-hybridized carbons (Fsp3) is 0. The maximum Gasteiger partial charge on any atom is 0.123 e. The van der Waals surface area contributed by atoms with Crippen LogP contribution in [-0.2, 0) is 0 Å². The molecule has 0 amide bonds. The second-order valence-electron chi connectivity index (χ2n) is 7.42. The number of hydrogen-bond acceptors (Lipinski definition) is 3. The van der Waals surface area contributed by atoms with Crippen LogP contribution in [0.4, 0.5) is 4.39 Å². The van der Waals surface area contributed by atoms with Gasteiger partial charge in [-0.05, 0) is 53.1 Å². The van der Waals surface area contributed by atoms with Gasteiger partial charge in [-0.1, -0.05) is 30.3 Å². The summed E-state index contributed by atoms with van der Waals surface area (Å²) in [7, 11) is 0. The van der Waals surface area contributed by atoms with E-state index in [0.717, 1.165) is 55.4 Å². The first-order chi connectivity index (χ1) is 15.3. The Hall–Kier alpha value is -4.32. The molecule has 0 unspecified atom stereocenters. The van der Waals surface area contributed by atoms with E-state index in [1.807, 2.05) is 30.3 Å². The molecule has 3 aromatic carbocycles. The van der Waals surface area contributed by atoms with Crippen LogP contribution in [0.25, 0.3) is 55.4 Å². The molecule has 0 aliphatic heterocycles. The minimum absolute atomic E-state index is 0.242. The Morgan fingerprint density at radius 2 is 1.52 bits per heavy atom. The van der Waals surface area contributed by atoms with Gasteiger partial charge in [0.15, 0.2) is 0 Å². The number of nitrogens with zero attached hydrogens (tertiary/aromatic N) is 3. The average Bonchev–Trinajstić information content (AvgIpc) is 3.43. The number of aromatic amines is 2. The highest BCUT2D eigenvalue weighted by Gasteiger charge is 2.14. The molecule has 0 saturated heterocycles. The van der Waals surface area contributed by atoms with Crippen LogP contribution in [0.15, 0.2) is 85.5 Å². The van der Waals surface area contributed by atoms with Gasteiger partial charge in [-0.25, -0.2) is 14.4 Å². The molecule has 2 N–H and O–H groups in total. The SMILES string of the molecule is Fc1ccc(-c2cccc3[nH]c(-c4n[nH]c5ccc(-c6cncnc6)cc45)cc23)cc1. The van der Waals surface area contributed by atoms with Gasteiger partial charge in [-0.3, -0.25) is 5.10 Å². The first kappa shape index (κ1) is 17.5. The van der Waals surface area contributed by atoms with Crippen molar-refractivity contribution in [1.29, 1.82) is 0 Å². The molecule has 6 rings (SSSR count). The van der Waals surface area contributed by atoms with Gasteiger partial charge in [-0.2, -0.15) is 5.10 Å². The van der Waals surface area contributed by atoms with E-state index in [1.54, 1.807) is 24.5 Å². The van der Waals surface area contributed by atoms with E-state index in [2.05, 4.69) is 37.3 Å². The molecule has 6 aromatic rings. The Bertz CT molecular complexity index is 1530. The molecule has 5 nitrogen and oxygen atoms in total. The standard InChI is InChI=1S/C25H16FN5/c26-18-7-4-15(5-8-18)19-2-1-3-22-20(19)11-24(29-22)25-21-10-16(6-9-23(21)30-31-25)17-12-27-14-28-13-17/h1-14,29H,(H,30,31). The van der Waals surface area contributed by atoms with Crippen molar-refractivity contribution >= 4 is 21.8 Å². The van der Waals surface area contributed by atoms with E-state index < -0.39 is 0 Å². The molecule has 3 heterocycles. The summed E-state index contributed by atoms with van der Waals surface area (Å²) in [4.78, 5) is 11.7. The number of rotatable bonds is 3. The molecule has 6 heteroatoms. The van der Waals surface area contributed by atoms with Crippen LogP contribution < -0.4 is 0 Å². The van der Waals surface area contributed by atoms with Crippen molar-refractivity contribution in [3.8, 4) is 33.6 Å². The summed E-state index contributed by atoms with van der Waals surface area (Å²) >= 11 is 0. The molecule has 0 aliphatic rings. The van der Waals surface area contributed by atoms with E-state index in [1.165, 1.54) is 18.5 Å². The second kappa shape index (κ2) is 6.88. The second-order valence-corrected chi connectivity index (χ2v) is 7.42. The molecule has 148 valence electrons. The monoisotopic (exact) mass is 405 g/mol. The zero-order valence-corrected chi connectivity index (χ0v) is 16.3. The van der Waals surface area contributed by atoms with Crippen LogP contribution in [0.1, 0.15) is 0 Å². The molecule has 0 radical (unpaired) electrons. The van der Waals surface area contributed by atoms with Crippen molar-refractivity contribution in [1.82, 2.24) is 25.1 Å². The summed E-state index contributed by atoms with van der Waals surface area (Å²) < 4.78 is 13.4. The predicted octanol–water partition coefficient (Wildman–Crippen LogP) is 5.97. The van der Waals surface area contributed by atoms with Crippen molar-refractivity contribution in [3.05, 3.63) is 91.3 Å². The van der Waals surface area contributed by atoms with Gasteiger partial charge in [0.25, 0.3) is 0 Å². The lowest BCUT2D eigenvalue weighted by Crippen LogP contribution is -1.83. The maximum atomic E-state index is 13.4. The maximum absolute atomic E-state index is 13.4. The van der Waals surface area contributed by atoms with Crippen molar-refractivity contribution in [2.24, 2.45) is 0 Å². The number of benzene rings is 3. The van der Waals surface area contributed by atoms with Crippen LogP contribution in [0.3, 0.4) is 0 Å². The summed E-state index contributed by atoms with van der Waals surface area (Å²) in [5.74, 6) is -0.242. The molecule has 0 bridgehead atoms. The molecule has 31 heavy (non-hydrogen) atoms.